The molecule has 0 saturated carbocycles. The molecule has 4 heteroatoms. The molecule has 2 rings (SSSR count). The van der Waals surface area contributed by atoms with Crippen molar-refractivity contribution in [3.63, 3.8) is 0 Å². The van der Waals surface area contributed by atoms with Crippen LogP contribution in [-0.4, -0.2) is 26.3 Å². The van der Waals surface area contributed by atoms with Gasteiger partial charge in [0.2, 0.25) is 0 Å². The van der Waals surface area contributed by atoms with Crippen LogP contribution in [0.15, 0.2) is 60.7 Å². The minimum absolute atomic E-state index is 0.136. The molecule has 0 aliphatic heterocycles. The highest BCUT2D eigenvalue weighted by atomic mass is 16.5. The molecule has 2 aromatic rings. The maximum Gasteiger partial charge on any atom is 0.326 e. The molecule has 0 bridgehead atoms. The summed E-state index contributed by atoms with van der Waals surface area (Å²) >= 11 is 0. The fourth-order valence-corrected chi connectivity index (χ4v) is 2.03. The third-order valence-electron chi connectivity index (χ3n) is 3.03. The van der Waals surface area contributed by atoms with Crippen molar-refractivity contribution in [2.24, 2.45) is 0 Å². The summed E-state index contributed by atoms with van der Waals surface area (Å²) in [5.41, 5.74) is 1.68. The Hall–Kier alpha value is -2.33. The zero-order chi connectivity index (χ0) is 14.9. The van der Waals surface area contributed by atoms with Crippen LogP contribution >= 0.6 is 0 Å². The molecule has 4 nitrogen and oxygen atoms in total. The van der Waals surface area contributed by atoms with Crippen molar-refractivity contribution in [1.82, 2.24) is 5.32 Å². The lowest BCUT2D eigenvalue weighted by atomic mass is 10.2. The first-order chi connectivity index (χ1) is 10.3. The van der Waals surface area contributed by atoms with Crippen molar-refractivity contribution in [3.05, 3.63) is 60.7 Å². The van der Waals surface area contributed by atoms with Crippen LogP contribution in [0, 0.1) is 0 Å². The van der Waals surface area contributed by atoms with Gasteiger partial charge in [-0.2, -0.15) is 0 Å². The number of hydrogen-bond donors (Lipinski definition) is 1. The molecule has 110 valence electrons. The van der Waals surface area contributed by atoms with Crippen LogP contribution in [-0.2, 0) is 4.74 Å². The predicted octanol–water partition coefficient (Wildman–Crippen LogP) is 3.57. The SMILES string of the molecule is COCCCNC(=O)N(c1ccccc1)c1ccccc1. The highest BCUT2D eigenvalue weighted by molar-refractivity contribution is 5.99. The van der Waals surface area contributed by atoms with E-state index in [0.717, 1.165) is 17.8 Å². The molecule has 0 aliphatic rings. The Morgan fingerprint density at radius 3 is 2.00 bits per heavy atom. The number of para-hydroxylation sites is 2. The van der Waals surface area contributed by atoms with Crippen LogP contribution in [0.5, 0.6) is 0 Å². The summed E-state index contributed by atoms with van der Waals surface area (Å²) in [6.07, 6.45) is 0.791. The van der Waals surface area contributed by atoms with Crippen molar-refractivity contribution < 1.29 is 9.53 Å². The van der Waals surface area contributed by atoms with Crippen LogP contribution in [0.4, 0.5) is 16.2 Å². The molecule has 0 aromatic heterocycles. The molecule has 0 saturated heterocycles. The van der Waals surface area contributed by atoms with Crippen molar-refractivity contribution >= 4 is 17.4 Å². The molecular formula is C17H20N2O2. The van der Waals surface area contributed by atoms with Gasteiger partial charge in [-0.3, -0.25) is 4.90 Å². The second-order valence-corrected chi connectivity index (χ2v) is 4.58. The van der Waals surface area contributed by atoms with Crippen LogP contribution in [0.2, 0.25) is 0 Å². The standard InChI is InChI=1S/C17H20N2O2/c1-21-14-8-13-18-17(20)19(15-9-4-2-5-10-15)16-11-6-3-7-12-16/h2-7,9-12H,8,13-14H2,1H3,(H,18,20). The number of ether oxygens (including phenoxy) is 1. The number of rotatable bonds is 6. The number of nitrogens with zero attached hydrogens (tertiary/aromatic N) is 1. The van der Waals surface area contributed by atoms with Gasteiger partial charge in [-0.25, -0.2) is 4.79 Å². The third-order valence-corrected chi connectivity index (χ3v) is 3.03. The zero-order valence-electron chi connectivity index (χ0n) is 12.2. The third kappa shape index (κ3) is 4.33. The monoisotopic (exact) mass is 284 g/mol. The lowest BCUT2D eigenvalue weighted by Crippen LogP contribution is -2.37. The van der Waals surface area contributed by atoms with Gasteiger partial charge in [-0.1, -0.05) is 36.4 Å². The molecule has 21 heavy (non-hydrogen) atoms. The lowest BCUT2D eigenvalue weighted by Gasteiger charge is -2.23. The van der Waals surface area contributed by atoms with Crippen LogP contribution in [0.3, 0.4) is 0 Å². The number of benzene rings is 2. The molecule has 0 heterocycles. The molecule has 0 unspecified atom stereocenters. The Morgan fingerprint density at radius 2 is 1.52 bits per heavy atom. The summed E-state index contributed by atoms with van der Waals surface area (Å²) in [6.45, 7) is 1.22. The van der Waals surface area contributed by atoms with Crippen LogP contribution in [0.25, 0.3) is 0 Å². The molecule has 2 amide bonds. The number of nitrogens with one attached hydrogen (secondary N) is 1. The van der Waals surface area contributed by atoms with E-state index in [2.05, 4.69) is 5.32 Å². The van der Waals surface area contributed by atoms with Gasteiger partial charge in [0.05, 0.1) is 11.4 Å². The number of hydrogen-bond acceptors (Lipinski definition) is 2. The minimum atomic E-state index is -0.136. The topological polar surface area (TPSA) is 41.6 Å². The molecule has 0 aliphatic carbocycles. The molecule has 2 aromatic carbocycles. The number of carbonyl (C=O) groups is 1. The predicted molar refractivity (Wildman–Crippen MR) is 84.9 cm³/mol. The molecule has 1 N–H and O–H groups in total. The van der Waals surface area contributed by atoms with E-state index in [-0.39, 0.29) is 6.03 Å². The van der Waals surface area contributed by atoms with Gasteiger partial charge in [0.1, 0.15) is 0 Å². The second kappa shape index (κ2) is 8.07. The first kappa shape index (κ1) is 15.1. The summed E-state index contributed by atoms with van der Waals surface area (Å²) in [4.78, 5) is 14.2. The van der Waals surface area contributed by atoms with E-state index in [9.17, 15) is 4.79 Å². The maximum absolute atomic E-state index is 12.5. The van der Waals surface area contributed by atoms with E-state index >= 15 is 0 Å². The van der Waals surface area contributed by atoms with E-state index in [1.807, 2.05) is 60.7 Å². The smallest absolute Gasteiger partial charge is 0.326 e. The van der Waals surface area contributed by atoms with E-state index < -0.39 is 0 Å². The first-order valence-electron chi connectivity index (χ1n) is 7.00. The van der Waals surface area contributed by atoms with Gasteiger partial charge < -0.3 is 10.1 Å². The fourth-order valence-electron chi connectivity index (χ4n) is 2.03. The van der Waals surface area contributed by atoms with Crippen molar-refractivity contribution in [2.45, 2.75) is 6.42 Å². The zero-order valence-corrected chi connectivity index (χ0v) is 12.2. The van der Waals surface area contributed by atoms with Crippen LogP contribution < -0.4 is 10.2 Å². The number of carbonyl (C=O) groups excluding carboxylic acids is 1. The van der Waals surface area contributed by atoms with Gasteiger partial charge in [-0.05, 0) is 30.7 Å². The van der Waals surface area contributed by atoms with Crippen LogP contribution in [0.1, 0.15) is 6.42 Å². The summed E-state index contributed by atoms with van der Waals surface area (Å²) in [6, 6.07) is 19.1. The Bertz CT molecular complexity index is 504. The first-order valence-corrected chi connectivity index (χ1v) is 7.00. The second-order valence-electron chi connectivity index (χ2n) is 4.58. The average molecular weight is 284 g/mol. The minimum Gasteiger partial charge on any atom is -0.385 e. The average Bonchev–Trinajstić information content (AvgIpc) is 2.54. The van der Waals surface area contributed by atoms with E-state index in [1.54, 1.807) is 12.0 Å². The normalized spacial score (nSPS) is 10.1. The van der Waals surface area contributed by atoms with E-state index in [1.165, 1.54) is 0 Å². The number of urea groups is 1. The van der Waals surface area contributed by atoms with E-state index in [4.69, 9.17) is 4.74 Å². The van der Waals surface area contributed by atoms with Crippen molar-refractivity contribution in [2.75, 3.05) is 25.2 Å². The Kier molecular flexibility index (Phi) is 5.79. The van der Waals surface area contributed by atoms with Gasteiger partial charge in [0.25, 0.3) is 0 Å². The molecule has 0 fully saturated rings. The maximum atomic E-state index is 12.5. The highest BCUT2D eigenvalue weighted by Crippen LogP contribution is 2.24. The van der Waals surface area contributed by atoms with Gasteiger partial charge in [-0.15, -0.1) is 0 Å². The van der Waals surface area contributed by atoms with Crippen molar-refractivity contribution in [1.29, 1.82) is 0 Å². The molecule has 0 radical (unpaired) electrons. The Balaban J connectivity index is 2.15. The van der Waals surface area contributed by atoms with Crippen molar-refractivity contribution in [3.8, 4) is 0 Å². The fraction of sp³-hybridized carbons (Fsp3) is 0.235. The molecular weight excluding hydrogens is 264 g/mol. The largest absolute Gasteiger partial charge is 0.385 e. The van der Waals surface area contributed by atoms with Gasteiger partial charge in [0.15, 0.2) is 0 Å². The molecule has 0 atom stereocenters. The quantitative estimate of drug-likeness (QED) is 0.824. The number of methoxy groups -OCH3 is 1. The number of anilines is 2. The van der Waals surface area contributed by atoms with E-state index in [0.29, 0.717) is 13.2 Å². The summed E-state index contributed by atoms with van der Waals surface area (Å²) in [7, 11) is 1.65. The Labute approximate surface area is 125 Å². The van der Waals surface area contributed by atoms with Gasteiger partial charge >= 0.3 is 6.03 Å². The summed E-state index contributed by atoms with van der Waals surface area (Å²) in [5.74, 6) is 0. The summed E-state index contributed by atoms with van der Waals surface area (Å²) < 4.78 is 4.99. The molecule has 0 spiro atoms. The lowest BCUT2D eigenvalue weighted by molar-refractivity contribution is 0.194. The highest BCUT2D eigenvalue weighted by Gasteiger charge is 2.16. The Morgan fingerprint density at radius 1 is 1.00 bits per heavy atom. The number of amides is 2. The van der Waals surface area contributed by atoms with Gasteiger partial charge in [0, 0.05) is 20.3 Å². The summed E-state index contributed by atoms with van der Waals surface area (Å²) in [5, 5.41) is 2.92.